The van der Waals surface area contributed by atoms with Crippen LogP contribution in [0.3, 0.4) is 0 Å². The van der Waals surface area contributed by atoms with Crippen LogP contribution >= 0.6 is 0 Å². The van der Waals surface area contributed by atoms with E-state index < -0.39 is 21.9 Å². The van der Waals surface area contributed by atoms with Crippen LogP contribution < -0.4 is 0 Å². The van der Waals surface area contributed by atoms with Crippen molar-refractivity contribution in [1.82, 2.24) is 4.31 Å². The van der Waals surface area contributed by atoms with E-state index in [0.717, 1.165) is 0 Å². The number of nitrogens with zero attached hydrogens (tertiary/aromatic N) is 1. The first-order valence-electron chi connectivity index (χ1n) is 5.36. The third-order valence-electron chi connectivity index (χ3n) is 2.96. The molecule has 94 valence electrons. The lowest BCUT2D eigenvalue weighted by molar-refractivity contribution is 0.189. The summed E-state index contributed by atoms with van der Waals surface area (Å²) in [6, 6.07) is 3.99. The molecule has 6 heteroatoms. The summed E-state index contributed by atoms with van der Waals surface area (Å²) in [5.74, 6) is -0.536. The van der Waals surface area contributed by atoms with Crippen molar-refractivity contribution in [1.29, 1.82) is 0 Å². The van der Waals surface area contributed by atoms with E-state index in [1.54, 1.807) is 0 Å². The first-order valence-corrected chi connectivity index (χ1v) is 6.80. The molecule has 17 heavy (non-hydrogen) atoms. The van der Waals surface area contributed by atoms with E-state index >= 15 is 0 Å². The minimum absolute atomic E-state index is 0.0217. The summed E-state index contributed by atoms with van der Waals surface area (Å²) < 4.78 is 38.9. The van der Waals surface area contributed by atoms with Gasteiger partial charge < -0.3 is 5.11 Å². The smallest absolute Gasteiger partial charge is 0.243 e. The van der Waals surface area contributed by atoms with Gasteiger partial charge in [0.1, 0.15) is 5.82 Å². The van der Waals surface area contributed by atoms with Gasteiger partial charge >= 0.3 is 0 Å². The van der Waals surface area contributed by atoms with Crippen molar-refractivity contribution in [3.63, 3.8) is 0 Å². The van der Waals surface area contributed by atoms with Crippen LogP contribution in [0.5, 0.6) is 0 Å². The summed E-state index contributed by atoms with van der Waals surface area (Å²) in [6.07, 6.45) is -0.202. The molecule has 0 aliphatic carbocycles. The number of benzene rings is 1. The Balaban J connectivity index is 2.42. The Labute approximate surface area is 99.7 Å². The zero-order valence-electron chi connectivity index (χ0n) is 9.43. The van der Waals surface area contributed by atoms with Gasteiger partial charge in [-0.3, -0.25) is 0 Å². The first-order chi connectivity index (χ1) is 7.93. The molecular weight excluding hydrogens is 245 g/mol. The Morgan fingerprint density at radius 1 is 1.47 bits per heavy atom. The zero-order chi connectivity index (χ0) is 12.6. The molecule has 0 bridgehead atoms. The van der Waals surface area contributed by atoms with Crippen LogP contribution in [0.1, 0.15) is 12.0 Å². The van der Waals surface area contributed by atoms with Crippen molar-refractivity contribution in [3.05, 3.63) is 29.6 Å². The highest BCUT2D eigenvalue weighted by Crippen LogP contribution is 2.24. The summed E-state index contributed by atoms with van der Waals surface area (Å²) in [5, 5.41) is 9.35. The predicted molar refractivity (Wildman–Crippen MR) is 60.5 cm³/mol. The van der Waals surface area contributed by atoms with Crippen molar-refractivity contribution in [2.75, 3.05) is 13.1 Å². The molecule has 1 aliphatic heterocycles. The van der Waals surface area contributed by atoms with Gasteiger partial charge in [0.15, 0.2) is 0 Å². The molecule has 1 heterocycles. The topological polar surface area (TPSA) is 57.6 Å². The average Bonchev–Trinajstić information content (AvgIpc) is 2.69. The lowest BCUT2D eigenvalue weighted by Crippen LogP contribution is -2.30. The number of halogens is 1. The largest absolute Gasteiger partial charge is 0.392 e. The maximum absolute atomic E-state index is 13.3. The Hall–Kier alpha value is -0.980. The van der Waals surface area contributed by atoms with Crippen LogP contribution in [0.15, 0.2) is 23.1 Å². The summed E-state index contributed by atoms with van der Waals surface area (Å²) in [5.41, 5.74) is 0.119. The fraction of sp³-hybridized carbons (Fsp3) is 0.455. The van der Waals surface area contributed by atoms with E-state index in [2.05, 4.69) is 0 Å². The summed E-state index contributed by atoms with van der Waals surface area (Å²) >= 11 is 0. The molecule has 0 saturated carbocycles. The number of hydrogen-bond acceptors (Lipinski definition) is 3. The van der Waals surface area contributed by atoms with Crippen LogP contribution in [0, 0.1) is 12.7 Å². The molecule has 1 aliphatic rings. The average molecular weight is 259 g/mol. The Bertz CT molecular complexity index is 530. The molecule has 1 saturated heterocycles. The Kier molecular flexibility index (Phi) is 3.20. The lowest BCUT2D eigenvalue weighted by Gasteiger charge is -2.17. The van der Waals surface area contributed by atoms with Crippen LogP contribution in [0.2, 0.25) is 0 Å². The van der Waals surface area contributed by atoms with Crippen LogP contribution in [-0.2, 0) is 10.0 Å². The van der Waals surface area contributed by atoms with Crippen molar-refractivity contribution in [2.24, 2.45) is 0 Å². The standard InChI is InChI=1S/C11H14FNO3S/c1-8-10(12)3-2-4-11(8)17(15,16)13-6-5-9(14)7-13/h2-4,9,14H,5-7H2,1H3/t9-/m0/s1. The van der Waals surface area contributed by atoms with Crippen LogP contribution in [0.25, 0.3) is 0 Å². The molecule has 1 aromatic rings. The van der Waals surface area contributed by atoms with Crippen LogP contribution in [-0.4, -0.2) is 37.0 Å². The van der Waals surface area contributed by atoms with Gasteiger partial charge in [-0.2, -0.15) is 4.31 Å². The first kappa shape index (κ1) is 12.5. The predicted octanol–water partition coefficient (Wildman–Crippen LogP) is 0.889. The monoisotopic (exact) mass is 259 g/mol. The molecule has 1 atom stereocenters. The van der Waals surface area contributed by atoms with Gasteiger partial charge in [0.05, 0.1) is 11.0 Å². The van der Waals surface area contributed by atoms with Gasteiger partial charge in [-0.1, -0.05) is 6.07 Å². The molecule has 0 radical (unpaired) electrons. The van der Waals surface area contributed by atoms with Gasteiger partial charge in [-0.05, 0) is 25.5 Å². The molecule has 0 amide bonds. The van der Waals surface area contributed by atoms with Crippen LogP contribution in [0.4, 0.5) is 4.39 Å². The molecule has 1 aromatic carbocycles. The number of sulfonamides is 1. The van der Waals surface area contributed by atoms with Gasteiger partial charge in [-0.25, -0.2) is 12.8 Å². The number of aliphatic hydroxyl groups excluding tert-OH is 1. The van der Waals surface area contributed by atoms with Gasteiger partial charge in [0, 0.05) is 18.7 Å². The SMILES string of the molecule is Cc1c(F)cccc1S(=O)(=O)N1CC[C@H](O)C1. The minimum atomic E-state index is -3.69. The van der Waals surface area contributed by atoms with Gasteiger partial charge in [-0.15, -0.1) is 0 Å². The second-order valence-corrected chi connectivity index (χ2v) is 6.07. The van der Waals surface area contributed by atoms with Crippen molar-refractivity contribution < 1.29 is 17.9 Å². The van der Waals surface area contributed by atoms with E-state index in [4.69, 9.17) is 0 Å². The quantitative estimate of drug-likeness (QED) is 0.858. The number of rotatable bonds is 2. The van der Waals surface area contributed by atoms with E-state index in [1.807, 2.05) is 0 Å². The molecule has 0 spiro atoms. The van der Waals surface area contributed by atoms with E-state index in [-0.39, 0.29) is 23.5 Å². The van der Waals surface area contributed by atoms with E-state index in [0.29, 0.717) is 6.42 Å². The fourth-order valence-electron chi connectivity index (χ4n) is 1.94. The minimum Gasteiger partial charge on any atom is -0.392 e. The highest BCUT2D eigenvalue weighted by Gasteiger charge is 2.32. The van der Waals surface area contributed by atoms with Gasteiger partial charge in [0.2, 0.25) is 10.0 Å². The number of aliphatic hydroxyl groups is 1. The molecule has 1 fully saturated rings. The second kappa shape index (κ2) is 4.36. The lowest BCUT2D eigenvalue weighted by atomic mass is 10.2. The number of hydrogen-bond donors (Lipinski definition) is 1. The van der Waals surface area contributed by atoms with E-state index in [1.165, 1.54) is 29.4 Å². The van der Waals surface area contributed by atoms with Crippen molar-refractivity contribution in [2.45, 2.75) is 24.3 Å². The van der Waals surface area contributed by atoms with Gasteiger partial charge in [0.25, 0.3) is 0 Å². The third kappa shape index (κ3) is 2.20. The van der Waals surface area contributed by atoms with E-state index in [9.17, 15) is 17.9 Å². The summed E-state index contributed by atoms with van der Waals surface area (Å²) in [6.45, 7) is 1.80. The third-order valence-corrected chi connectivity index (χ3v) is 4.97. The summed E-state index contributed by atoms with van der Waals surface area (Å²) in [4.78, 5) is -0.0217. The van der Waals surface area contributed by atoms with Crippen molar-refractivity contribution >= 4 is 10.0 Å². The molecule has 2 rings (SSSR count). The maximum atomic E-state index is 13.3. The Morgan fingerprint density at radius 3 is 2.76 bits per heavy atom. The molecular formula is C11H14FNO3S. The fourth-order valence-corrected chi connectivity index (χ4v) is 3.66. The summed E-state index contributed by atoms with van der Waals surface area (Å²) in [7, 11) is -3.69. The molecule has 0 aromatic heterocycles. The normalized spacial score (nSPS) is 21.9. The maximum Gasteiger partial charge on any atom is 0.243 e. The molecule has 0 unspecified atom stereocenters. The van der Waals surface area contributed by atoms with Crippen molar-refractivity contribution in [3.8, 4) is 0 Å². The zero-order valence-corrected chi connectivity index (χ0v) is 10.2. The second-order valence-electron chi connectivity index (χ2n) is 4.17. The highest BCUT2D eigenvalue weighted by molar-refractivity contribution is 7.89. The molecule has 4 nitrogen and oxygen atoms in total. The Morgan fingerprint density at radius 2 is 2.18 bits per heavy atom. The highest BCUT2D eigenvalue weighted by atomic mass is 32.2. The number of β-amino-alcohol motifs (C(OH)–C–C–N with tert-alkyl or cyclic N) is 1. The molecule has 1 N–H and O–H groups in total.